The van der Waals surface area contributed by atoms with Gasteiger partial charge in [-0.05, 0) is 29.8 Å². The van der Waals surface area contributed by atoms with E-state index in [0.717, 1.165) is 17.7 Å². The quantitative estimate of drug-likeness (QED) is 0.196. The van der Waals surface area contributed by atoms with Gasteiger partial charge >= 0.3 is 0 Å². The highest BCUT2D eigenvalue weighted by atomic mass is 127. The number of benzene rings is 2. The third-order valence-corrected chi connectivity index (χ3v) is 4.13. The van der Waals surface area contributed by atoms with Gasteiger partial charge in [0.15, 0.2) is 34.9 Å². The van der Waals surface area contributed by atoms with E-state index in [0.29, 0.717) is 23.8 Å². The fourth-order valence-electron chi connectivity index (χ4n) is 2.62. The van der Waals surface area contributed by atoms with Gasteiger partial charge in [0, 0.05) is 13.6 Å². The lowest BCUT2D eigenvalue weighted by Gasteiger charge is -2.16. The molecule has 2 aromatic rings. The number of nitrogens with one attached hydrogen (secondary N) is 3. The predicted molar refractivity (Wildman–Crippen MR) is 125 cm³/mol. The molecule has 2 aromatic carbocycles. The van der Waals surface area contributed by atoms with E-state index in [1.807, 2.05) is 0 Å². The van der Waals surface area contributed by atoms with Crippen LogP contribution in [-0.4, -0.2) is 46.8 Å². The molecular weight excluding hydrogens is 544 g/mol. The maximum absolute atomic E-state index is 13.7. The Hall–Kier alpha value is -2.90. The zero-order valence-corrected chi connectivity index (χ0v) is 20.2. The lowest BCUT2D eigenvalue weighted by molar-refractivity contribution is -0.115. The van der Waals surface area contributed by atoms with Crippen molar-refractivity contribution in [2.45, 2.75) is 6.54 Å². The van der Waals surface area contributed by atoms with Crippen LogP contribution in [0.15, 0.2) is 29.3 Å². The highest BCUT2D eigenvalue weighted by Gasteiger charge is 2.16. The van der Waals surface area contributed by atoms with Crippen molar-refractivity contribution < 1.29 is 32.2 Å². The average Bonchev–Trinajstić information content (AvgIpc) is 2.78. The number of halogens is 4. The second-order valence-electron chi connectivity index (χ2n) is 6.08. The van der Waals surface area contributed by atoms with Crippen LogP contribution >= 0.6 is 24.0 Å². The molecule has 0 aliphatic rings. The van der Waals surface area contributed by atoms with Crippen LogP contribution in [0.25, 0.3) is 0 Å². The van der Waals surface area contributed by atoms with Gasteiger partial charge in [-0.2, -0.15) is 0 Å². The first-order chi connectivity index (χ1) is 14.8. The molecule has 0 atom stereocenters. The van der Waals surface area contributed by atoms with Gasteiger partial charge in [0.2, 0.25) is 11.7 Å². The van der Waals surface area contributed by atoms with Gasteiger partial charge < -0.3 is 30.2 Å². The van der Waals surface area contributed by atoms with Crippen molar-refractivity contribution >= 4 is 41.5 Å². The second-order valence-corrected chi connectivity index (χ2v) is 6.08. The third-order valence-electron chi connectivity index (χ3n) is 4.13. The summed E-state index contributed by atoms with van der Waals surface area (Å²) in [4.78, 5) is 16.0. The highest BCUT2D eigenvalue weighted by molar-refractivity contribution is 14.0. The molecule has 0 unspecified atom stereocenters. The van der Waals surface area contributed by atoms with E-state index >= 15 is 0 Å². The normalized spacial score (nSPS) is 10.7. The lowest BCUT2D eigenvalue weighted by atomic mass is 10.2. The van der Waals surface area contributed by atoms with Gasteiger partial charge in [0.05, 0.1) is 33.6 Å². The van der Waals surface area contributed by atoms with Crippen molar-refractivity contribution in [3.05, 3.63) is 47.3 Å². The number of amides is 1. The van der Waals surface area contributed by atoms with E-state index < -0.39 is 29.0 Å². The van der Waals surface area contributed by atoms with Gasteiger partial charge in [-0.1, -0.05) is 0 Å². The number of carbonyl (C=O) groups is 1. The van der Waals surface area contributed by atoms with Gasteiger partial charge in [-0.3, -0.25) is 9.79 Å². The summed E-state index contributed by atoms with van der Waals surface area (Å²) in [6, 6.07) is 5.16. The number of aliphatic imine (C=N–C) groups is 1. The fraction of sp³-hybridized carbons (Fsp3) is 0.300. The Kier molecular flexibility index (Phi) is 10.9. The van der Waals surface area contributed by atoms with E-state index in [2.05, 4.69) is 20.9 Å². The Morgan fingerprint density at radius 2 is 1.59 bits per heavy atom. The minimum atomic E-state index is -1.66. The number of guanidine groups is 1. The van der Waals surface area contributed by atoms with E-state index in [9.17, 15) is 18.0 Å². The van der Waals surface area contributed by atoms with Crippen LogP contribution in [0, 0.1) is 17.5 Å². The number of nitrogens with zero attached hydrogens (tertiary/aromatic N) is 1. The molecule has 8 nitrogen and oxygen atoms in total. The summed E-state index contributed by atoms with van der Waals surface area (Å²) in [5.74, 6) is -3.46. The number of rotatable bonds is 8. The Bertz CT molecular complexity index is 951. The summed E-state index contributed by atoms with van der Waals surface area (Å²) in [5, 5.41) is 7.89. The summed E-state index contributed by atoms with van der Waals surface area (Å²) in [6.45, 7) is 0.00315. The smallest absolute Gasteiger partial charge is 0.243 e. The van der Waals surface area contributed by atoms with Crippen molar-refractivity contribution in [1.29, 1.82) is 0 Å². The van der Waals surface area contributed by atoms with Gasteiger partial charge in [0.1, 0.15) is 0 Å². The highest BCUT2D eigenvalue weighted by Crippen LogP contribution is 2.38. The van der Waals surface area contributed by atoms with E-state index in [1.54, 1.807) is 12.1 Å². The monoisotopic (exact) mass is 568 g/mol. The number of carbonyl (C=O) groups excluding carboxylic acids is 1. The van der Waals surface area contributed by atoms with Crippen LogP contribution in [-0.2, 0) is 11.3 Å². The van der Waals surface area contributed by atoms with Crippen molar-refractivity contribution in [1.82, 2.24) is 10.6 Å². The van der Waals surface area contributed by atoms with E-state index in [-0.39, 0.29) is 36.5 Å². The summed E-state index contributed by atoms with van der Waals surface area (Å²) >= 11 is 0. The molecule has 0 saturated heterocycles. The zero-order chi connectivity index (χ0) is 23.0. The van der Waals surface area contributed by atoms with Crippen molar-refractivity contribution in [2.75, 3.05) is 40.2 Å². The predicted octanol–water partition coefficient (Wildman–Crippen LogP) is 3.05. The Balaban J connectivity index is 0.00000512. The topological polar surface area (TPSA) is 93.2 Å². The Morgan fingerprint density at radius 1 is 0.969 bits per heavy atom. The molecule has 32 heavy (non-hydrogen) atoms. The Labute approximate surface area is 200 Å². The molecule has 0 aliphatic heterocycles. The van der Waals surface area contributed by atoms with Crippen molar-refractivity contribution in [3.63, 3.8) is 0 Å². The summed E-state index contributed by atoms with van der Waals surface area (Å²) in [6.07, 6.45) is 0. The maximum atomic E-state index is 13.7. The standard InChI is InChI=1S/C20H23F3N4O4.HI/c1-24-20(25-9-11-7-14(29-2)19(31-4)15(8-11)30-3)26-10-16(28)27-13-6-5-12(21)17(22)18(13)23;/h5-8H,9-10H2,1-4H3,(H,27,28)(H2,24,25,26);1H. The fourth-order valence-corrected chi connectivity index (χ4v) is 2.62. The number of methoxy groups -OCH3 is 3. The van der Waals surface area contributed by atoms with Crippen molar-refractivity contribution in [3.8, 4) is 17.2 Å². The van der Waals surface area contributed by atoms with Gasteiger partial charge in [0.25, 0.3) is 0 Å². The molecule has 1 amide bonds. The van der Waals surface area contributed by atoms with E-state index in [1.165, 1.54) is 28.4 Å². The van der Waals surface area contributed by atoms with Crippen LogP contribution < -0.4 is 30.2 Å². The zero-order valence-electron chi connectivity index (χ0n) is 17.8. The number of hydrogen-bond donors (Lipinski definition) is 3. The molecule has 0 spiro atoms. The number of anilines is 1. The largest absolute Gasteiger partial charge is 0.493 e. The molecule has 0 radical (unpaired) electrons. The first-order valence-corrected chi connectivity index (χ1v) is 9.01. The molecule has 176 valence electrons. The first kappa shape index (κ1) is 27.1. The molecule has 3 N–H and O–H groups in total. The average molecular weight is 568 g/mol. The minimum Gasteiger partial charge on any atom is -0.493 e. The maximum Gasteiger partial charge on any atom is 0.243 e. The molecular formula is C20H24F3IN4O4. The summed E-state index contributed by atoms with van der Waals surface area (Å²) in [5.41, 5.74) is 0.317. The van der Waals surface area contributed by atoms with Crippen molar-refractivity contribution in [2.24, 2.45) is 4.99 Å². The molecule has 0 heterocycles. The van der Waals surface area contributed by atoms with Crippen LogP contribution in [0.4, 0.5) is 18.9 Å². The molecule has 0 saturated carbocycles. The summed E-state index contributed by atoms with van der Waals surface area (Å²) in [7, 11) is 6.01. The van der Waals surface area contributed by atoms with Crippen LogP contribution in [0.1, 0.15) is 5.56 Å². The molecule has 0 bridgehead atoms. The molecule has 12 heteroatoms. The SMILES string of the molecule is CN=C(NCC(=O)Nc1ccc(F)c(F)c1F)NCc1cc(OC)c(OC)c(OC)c1.I. The first-order valence-electron chi connectivity index (χ1n) is 9.01. The number of hydrogen-bond acceptors (Lipinski definition) is 5. The third kappa shape index (κ3) is 6.80. The minimum absolute atomic E-state index is 0. The molecule has 0 fully saturated rings. The Morgan fingerprint density at radius 3 is 2.12 bits per heavy atom. The summed E-state index contributed by atoms with van der Waals surface area (Å²) < 4.78 is 55.8. The molecule has 0 aromatic heterocycles. The lowest BCUT2D eigenvalue weighted by Crippen LogP contribution is -2.41. The van der Waals surface area contributed by atoms with Crippen LogP contribution in [0.3, 0.4) is 0 Å². The van der Waals surface area contributed by atoms with Crippen LogP contribution in [0.5, 0.6) is 17.2 Å². The van der Waals surface area contributed by atoms with E-state index in [4.69, 9.17) is 14.2 Å². The second kappa shape index (κ2) is 12.8. The van der Waals surface area contributed by atoms with Gasteiger partial charge in [-0.25, -0.2) is 13.2 Å². The molecule has 0 aliphatic carbocycles. The number of ether oxygens (including phenoxy) is 3. The van der Waals surface area contributed by atoms with Gasteiger partial charge in [-0.15, -0.1) is 24.0 Å². The molecule has 2 rings (SSSR count). The van der Waals surface area contributed by atoms with Crippen LogP contribution in [0.2, 0.25) is 0 Å².